The van der Waals surface area contributed by atoms with E-state index in [-0.39, 0.29) is 16.9 Å². The van der Waals surface area contributed by atoms with Crippen molar-refractivity contribution in [3.63, 3.8) is 0 Å². The van der Waals surface area contributed by atoms with Gasteiger partial charge in [0.1, 0.15) is 22.9 Å². The Kier molecular flexibility index (Phi) is 8.20. The van der Waals surface area contributed by atoms with Gasteiger partial charge in [-0.3, -0.25) is 4.90 Å². The van der Waals surface area contributed by atoms with Crippen LogP contribution in [0.2, 0.25) is 0 Å². The lowest BCUT2D eigenvalue weighted by atomic mass is 9.70. The zero-order valence-corrected chi connectivity index (χ0v) is 35.5. The van der Waals surface area contributed by atoms with Crippen LogP contribution in [-0.2, 0) is 21.1 Å². The quantitative estimate of drug-likeness (QED) is 0.180. The number of rotatable bonds is 4. The van der Waals surface area contributed by atoms with Crippen molar-refractivity contribution in [3.8, 4) is 22.6 Å². The first-order valence-corrected chi connectivity index (χ1v) is 20.3. The lowest BCUT2D eigenvalue weighted by Crippen LogP contribution is -2.31. The second kappa shape index (κ2) is 12.7. The van der Waals surface area contributed by atoms with Crippen LogP contribution in [0.25, 0.3) is 11.1 Å². The number of aliphatic imine (C=N–C) groups is 1. The number of nitrogens with zero attached hydrogens (tertiary/aromatic N) is 3. The molecule has 0 amide bonds. The Hall–Kier alpha value is -5.68. The molecule has 0 bridgehead atoms. The highest BCUT2D eigenvalue weighted by Crippen LogP contribution is 2.58. The molecule has 3 aliphatic rings. The SMILES string of the molecule is Cc1cc(C)c2c(c1)[C@@H]1OC(c3cc(Oc4ccc5c(c4)N(c4cc(C(C)(C)C)ccn4)c4ccccc4C5(C)C)c(C)cc3C)=N[C@]1(C)c1cc(C)cc(C)c1-2. The highest BCUT2D eigenvalue weighted by molar-refractivity contribution is 5.99. The first-order chi connectivity index (χ1) is 27.0. The number of pyridine rings is 1. The molecule has 0 radical (unpaired) electrons. The molecule has 1 aromatic heterocycles. The van der Waals surface area contributed by atoms with E-state index >= 15 is 0 Å². The second-order valence-corrected chi connectivity index (χ2v) is 18.5. The summed E-state index contributed by atoms with van der Waals surface area (Å²) in [7, 11) is 0. The largest absolute Gasteiger partial charge is 0.466 e. The fraction of sp³-hybridized carbons (Fsp3) is 0.308. The minimum Gasteiger partial charge on any atom is -0.466 e. The molecular weight excluding hydrogens is 699 g/mol. The average molecular weight is 752 g/mol. The van der Waals surface area contributed by atoms with Crippen LogP contribution in [0.1, 0.15) is 114 Å². The van der Waals surface area contributed by atoms with E-state index in [1.807, 2.05) is 6.20 Å². The third-order valence-corrected chi connectivity index (χ3v) is 12.7. The highest BCUT2D eigenvalue weighted by atomic mass is 16.5. The van der Waals surface area contributed by atoms with E-state index in [1.54, 1.807) is 0 Å². The molecule has 6 aromatic rings. The molecule has 5 heteroatoms. The van der Waals surface area contributed by atoms with Crippen LogP contribution < -0.4 is 9.64 Å². The number of benzene rings is 5. The Morgan fingerprint density at radius 1 is 0.667 bits per heavy atom. The molecule has 1 aliphatic carbocycles. The Balaban J connectivity index is 1.14. The molecule has 2 aliphatic heterocycles. The molecule has 288 valence electrons. The normalized spacial score (nSPS) is 18.8. The maximum Gasteiger partial charge on any atom is 0.218 e. The molecule has 5 nitrogen and oxygen atoms in total. The standard InChI is InChI=1S/C52H53N3O2/c1-29-21-33(5)46-38(23-29)48-52(12,41-24-30(2)22-34(6)47(41)46)54-49(57-48)37-28-44(32(4)25-31(37)3)56-36-17-18-40-43(27-36)55(42-16-14-13-15-39(42)51(40,10)11)45-26-35(19-20-53-45)50(7,8)9/h13-28,48H,1-12H3/t48-,52+/m0/s1. The van der Waals surface area contributed by atoms with Gasteiger partial charge in [-0.1, -0.05) is 100 Å². The van der Waals surface area contributed by atoms with Crippen molar-refractivity contribution in [3.05, 3.63) is 164 Å². The van der Waals surface area contributed by atoms with Crippen molar-refractivity contribution in [2.24, 2.45) is 4.99 Å². The number of hydrogen-bond acceptors (Lipinski definition) is 5. The summed E-state index contributed by atoms with van der Waals surface area (Å²) in [6.45, 7) is 26.6. The lowest BCUT2D eigenvalue weighted by molar-refractivity contribution is 0.145. The van der Waals surface area contributed by atoms with E-state index in [0.717, 1.165) is 45.4 Å². The molecule has 0 saturated carbocycles. The predicted molar refractivity (Wildman–Crippen MR) is 234 cm³/mol. The summed E-state index contributed by atoms with van der Waals surface area (Å²) in [4.78, 5) is 12.8. The molecule has 9 rings (SSSR count). The molecule has 3 heterocycles. The third kappa shape index (κ3) is 5.72. The zero-order valence-electron chi connectivity index (χ0n) is 35.5. The summed E-state index contributed by atoms with van der Waals surface area (Å²) < 4.78 is 14.0. The van der Waals surface area contributed by atoms with Crippen molar-refractivity contribution < 1.29 is 9.47 Å². The van der Waals surface area contributed by atoms with Gasteiger partial charge >= 0.3 is 0 Å². The number of para-hydroxylation sites is 1. The van der Waals surface area contributed by atoms with Crippen LogP contribution in [0, 0.1) is 41.5 Å². The van der Waals surface area contributed by atoms with Crippen molar-refractivity contribution in [2.75, 3.05) is 4.90 Å². The Bertz CT molecular complexity index is 2700. The third-order valence-electron chi connectivity index (χ3n) is 12.7. The first kappa shape index (κ1) is 36.9. The number of fused-ring (bicyclic) bond motifs is 8. The highest BCUT2D eigenvalue weighted by Gasteiger charge is 2.51. The van der Waals surface area contributed by atoms with Gasteiger partial charge in [0.15, 0.2) is 6.10 Å². The van der Waals surface area contributed by atoms with E-state index in [2.05, 4.69) is 179 Å². The molecular formula is C52H53N3O2. The average Bonchev–Trinajstić information content (AvgIpc) is 3.51. The maximum atomic E-state index is 7.06. The predicted octanol–water partition coefficient (Wildman–Crippen LogP) is 13.5. The van der Waals surface area contributed by atoms with Crippen LogP contribution in [0.5, 0.6) is 11.5 Å². The summed E-state index contributed by atoms with van der Waals surface area (Å²) in [5.74, 6) is 3.08. The fourth-order valence-electron chi connectivity index (χ4n) is 9.78. The second-order valence-electron chi connectivity index (χ2n) is 18.5. The molecule has 5 aromatic carbocycles. The molecule has 2 atom stereocenters. The van der Waals surface area contributed by atoms with Gasteiger partial charge in [-0.2, -0.15) is 0 Å². The van der Waals surface area contributed by atoms with Crippen LogP contribution in [0.3, 0.4) is 0 Å². The molecule has 57 heavy (non-hydrogen) atoms. The summed E-state index contributed by atoms with van der Waals surface area (Å²) >= 11 is 0. The van der Waals surface area contributed by atoms with Gasteiger partial charge in [0.05, 0.1) is 11.4 Å². The molecule has 0 N–H and O–H groups in total. The number of ether oxygens (including phenoxy) is 2. The fourth-order valence-corrected chi connectivity index (χ4v) is 9.78. The van der Waals surface area contributed by atoms with Crippen molar-refractivity contribution in [1.82, 2.24) is 4.98 Å². The van der Waals surface area contributed by atoms with Crippen LogP contribution in [0.15, 0.2) is 102 Å². The van der Waals surface area contributed by atoms with E-state index in [4.69, 9.17) is 19.5 Å². The van der Waals surface area contributed by atoms with E-state index in [0.29, 0.717) is 5.90 Å². The van der Waals surface area contributed by atoms with Crippen molar-refractivity contribution >= 4 is 23.1 Å². The number of aromatic nitrogens is 1. The monoisotopic (exact) mass is 751 g/mol. The summed E-state index contributed by atoms with van der Waals surface area (Å²) in [6.07, 6.45) is 1.69. The zero-order chi connectivity index (χ0) is 40.3. The maximum absolute atomic E-state index is 7.06. The van der Waals surface area contributed by atoms with Crippen LogP contribution >= 0.6 is 0 Å². The van der Waals surface area contributed by atoms with Gasteiger partial charge in [0, 0.05) is 28.8 Å². The van der Waals surface area contributed by atoms with Gasteiger partial charge < -0.3 is 9.47 Å². The lowest BCUT2D eigenvalue weighted by Gasteiger charge is -2.41. The Morgan fingerprint density at radius 2 is 1.37 bits per heavy atom. The summed E-state index contributed by atoms with van der Waals surface area (Å²) in [5.41, 5.74) is 18.2. The molecule has 0 fully saturated rings. The first-order valence-electron chi connectivity index (χ1n) is 20.3. The Morgan fingerprint density at radius 3 is 2.12 bits per heavy atom. The van der Waals surface area contributed by atoms with Gasteiger partial charge in [0.25, 0.3) is 0 Å². The van der Waals surface area contributed by atoms with Gasteiger partial charge in [0.2, 0.25) is 5.90 Å². The van der Waals surface area contributed by atoms with Gasteiger partial charge in [-0.15, -0.1) is 0 Å². The van der Waals surface area contributed by atoms with Gasteiger partial charge in [-0.05, 0) is 140 Å². The minimum atomic E-state index is -0.587. The van der Waals surface area contributed by atoms with Crippen LogP contribution in [-0.4, -0.2) is 10.9 Å². The molecule has 0 saturated heterocycles. The van der Waals surface area contributed by atoms with Crippen molar-refractivity contribution in [1.29, 1.82) is 0 Å². The van der Waals surface area contributed by atoms with E-state index < -0.39 is 5.54 Å². The smallest absolute Gasteiger partial charge is 0.218 e. The molecule has 0 unspecified atom stereocenters. The van der Waals surface area contributed by atoms with E-state index in [9.17, 15) is 0 Å². The Labute approximate surface area is 338 Å². The number of anilines is 3. The molecule has 0 spiro atoms. The number of hydrogen-bond donors (Lipinski definition) is 0. The van der Waals surface area contributed by atoms with Gasteiger partial charge in [-0.25, -0.2) is 9.98 Å². The minimum absolute atomic E-state index is 0.0220. The van der Waals surface area contributed by atoms with Crippen LogP contribution in [0.4, 0.5) is 17.2 Å². The summed E-state index contributed by atoms with van der Waals surface area (Å²) in [6, 6.07) is 33.1. The topological polar surface area (TPSA) is 47.0 Å². The van der Waals surface area contributed by atoms with E-state index in [1.165, 1.54) is 61.2 Å². The number of aryl methyl sites for hydroxylation is 6. The summed E-state index contributed by atoms with van der Waals surface area (Å²) in [5, 5.41) is 0. The van der Waals surface area contributed by atoms with Crippen molar-refractivity contribution in [2.45, 2.75) is 106 Å².